The van der Waals surface area contributed by atoms with Gasteiger partial charge in [0.2, 0.25) is 0 Å². The summed E-state index contributed by atoms with van der Waals surface area (Å²) >= 11 is 0. The van der Waals surface area contributed by atoms with E-state index < -0.39 is 35.0 Å². The molecule has 1 atom stereocenters. The lowest BCUT2D eigenvalue weighted by Gasteiger charge is -2.48. The Labute approximate surface area is 204 Å². The van der Waals surface area contributed by atoms with Gasteiger partial charge in [0.25, 0.3) is 0 Å². The molecule has 0 amide bonds. The SMILES string of the molecule is CC1(COc2cccc([C@@H](CC(=O)O)C3CC3)c2)CN(Cc2cc(C(F)(F)F)ccc2C(F)(F)F)C1. The summed E-state index contributed by atoms with van der Waals surface area (Å²) < 4.78 is 85.2. The predicted octanol–water partition coefficient (Wildman–Crippen LogP) is 6.59. The number of ether oxygens (including phenoxy) is 1. The molecule has 10 heteroatoms. The van der Waals surface area contributed by atoms with E-state index in [4.69, 9.17) is 4.74 Å². The molecule has 0 spiro atoms. The zero-order valence-electron chi connectivity index (χ0n) is 19.6. The summed E-state index contributed by atoms with van der Waals surface area (Å²) in [5.74, 6) is 0.0119. The van der Waals surface area contributed by atoms with Crippen molar-refractivity contribution >= 4 is 5.97 Å². The third-order valence-corrected chi connectivity index (χ3v) is 6.80. The van der Waals surface area contributed by atoms with Crippen molar-refractivity contribution in [2.24, 2.45) is 11.3 Å². The van der Waals surface area contributed by atoms with Gasteiger partial charge in [-0.2, -0.15) is 26.3 Å². The van der Waals surface area contributed by atoms with E-state index in [1.165, 1.54) is 0 Å². The van der Waals surface area contributed by atoms with E-state index in [1.807, 2.05) is 25.1 Å². The largest absolute Gasteiger partial charge is 0.493 e. The Kier molecular flexibility index (Phi) is 7.02. The fraction of sp³-hybridized carbons (Fsp3) is 0.500. The molecule has 4 rings (SSSR count). The van der Waals surface area contributed by atoms with Gasteiger partial charge in [-0.1, -0.05) is 19.1 Å². The van der Waals surface area contributed by atoms with Crippen LogP contribution in [0.1, 0.15) is 54.4 Å². The van der Waals surface area contributed by atoms with Crippen molar-refractivity contribution in [3.05, 3.63) is 64.7 Å². The van der Waals surface area contributed by atoms with Crippen molar-refractivity contribution in [1.82, 2.24) is 4.90 Å². The highest BCUT2D eigenvalue weighted by Crippen LogP contribution is 2.45. The van der Waals surface area contributed by atoms with Gasteiger partial charge in [-0.25, -0.2) is 0 Å². The zero-order chi connectivity index (χ0) is 26.3. The van der Waals surface area contributed by atoms with Crippen LogP contribution >= 0.6 is 0 Å². The highest BCUT2D eigenvalue weighted by Gasteiger charge is 2.42. The first-order valence-electron chi connectivity index (χ1n) is 11.7. The molecule has 2 fully saturated rings. The number of carboxylic acid groups (broad SMARTS) is 1. The van der Waals surface area contributed by atoms with Gasteiger partial charge in [0.15, 0.2) is 0 Å². The zero-order valence-corrected chi connectivity index (χ0v) is 19.6. The maximum atomic E-state index is 13.4. The number of nitrogens with zero attached hydrogens (tertiary/aromatic N) is 1. The Hall–Kier alpha value is -2.75. The first-order chi connectivity index (χ1) is 16.7. The minimum atomic E-state index is -4.75. The van der Waals surface area contributed by atoms with Crippen LogP contribution in [0, 0.1) is 11.3 Å². The molecule has 0 bridgehead atoms. The van der Waals surface area contributed by atoms with Crippen molar-refractivity contribution in [3.63, 3.8) is 0 Å². The second-order valence-corrected chi connectivity index (χ2v) is 10.2. The topological polar surface area (TPSA) is 49.8 Å². The molecule has 2 aromatic carbocycles. The van der Waals surface area contributed by atoms with Crippen LogP contribution in [-0.2, 0) is 23.7 Å². The average Bonchev–Trinajstić information content (AvgIpc) is 3.59. The number of halogens is 6. The molecule has 36 heavy (non-hydrogen) atoms. The number of aliphatic carboxylic acids is 1. The Morgan fingerprint density at radius 2 is 1.78 bits per heavy atom. The third kappa shape index (κ3) is 6.32. The summed E-state index contributed by atoms with van der Waals surface area (Å²) in [7, 11) is 0. The lowest BCUT2D eigenvalue weighted by molar-refractivity contribution is -0.142. The second-order valence-electron chi connectivity index (χ2n) is 10.2. The Balaban J connectivity index is 1.38. The summed E-state index contributed by atoms with van der Waals surface area (Å²) in [6, 6.07) is 8.83. The number of benzene rings is 2. The molecule has 1 aliphatic carbocycles. The highest BCUT2D eigenvalue weighted by molar-refractivity contribution is 5.68. The van der Waals surface area contributed by atoms with Crippen LogP contribution in [0.3, 0.4) is 0 Å². The van der Waals surface area contributed by atoms with Gasteiger partial charge in [-0.15, -0.1) is 0 Å². The number of rotatable bonds is 9. The molecule has 1 saturated heterocycles. The lowest BCUT2D eigenvalue weighted by atomic mass is 9.82. The van der Waals surface area contributed by atoms with Gasteiger partial charge >= 0.3 is 18.3 Å². The Morgan fingerprint density at radius 3 is 2.36 bits per heavy atom. The second kappa shape index (κ2) is 9.61. The van der Waals surface area contributed by atoms with Crippen molar-refractivity contribution in [3.8, 4) is 5.75 Å². The maximum Gasteiger partial charge on any atom is 0.416 e. The molecule has 1 saturated carbocycles. The van der Waals surface area contributed by atoms with Crippen LogP contribution in [0.5, 0.6) is 5.75 Å². The van der Waals surface area contributed by atoms with E-state index in [0.29, 0.717) is 43.0 Å². The molecule has 196 valence electrons. The van der Waals surface area contributed by atoms with Crippen molar-refractivity contribution in [1.29, 1.82) is 0 Å². The van der Waals surface area contributed by atoms with E-state index in [2.05, 4.69) is 0 Å². The van der Waals surface area contributed by atoms with E-state index in [-0.39, 0.29) is 30.9 Å². The van der Waals surface area contributed by atoms with Crippen LogP contribution in [0.15, 0.2) is 42.5 Å². The molecule has 1 aliphatic heterocycles. The van der Waals surface area contributed by atoms with Crippen LogP contribution in [0.4, 0.5) is 26.3 Å². The van der Waals surface area contributed by atoms with Crippen LogP contribution in [-0.4, -0.2) is 35.7 Å². The van der Waals surface area contributed by atoms with E-state index in [1.54, 1.807) is 11.0 Å². The van der Waals surface area contributed by atoms with Gasteiger partial charge in [-0.3, -0.25) is 9.69 Å². The van der Waals surface area contributed by atoms with Crippen LogP contribution in [0.2, 0.25) is 0 Å². The Bertz CT molecular complexity index is 1100. The average molecular weight is 515 g/mol. The minimum Gasteiger partial charge on any atom is -0.493 e. The molecular formula is C26H27F6NO3. The smallest absolute Gasteiger partial charge is 0.416 e. The molecule has 1 N–H and O–H groups in total. The fourth-order valence-electron chi connectivity index (χ4n) is 4.99. The summed E-state index contributed by atoms with van der Waals surface area (Å²) in [6.45, 7) is 2.66. The predicted molar refractivity (Wildman–Crippen MR) is 119 cm³/mol. The number of likely N-dealkylation sites (tertiary alicyclic amines) is 1. The van der Waals surface area contributed by atoms with Crippen molar-refractivity contribution < 1.29 is 41.0 Å². The fourth-order valence-corrected chi connectivity index (χ4v) is 4.99. The number of hydrogen-bond acceptors (Lipinski definition) is 3. The first kappa shape index (κ1) is 26.3. The van der Waals surface area contributed by atoms with Gasteiger partial charge in [0.05, 0.1) is 24.2 Å². The van der Waals surface area contributed by atoms with E-state index in [9.17, 15) is 36.2 Å². The van der Waals surface area contributed by atoms with Crippen molar-refractivity contribution in [2.45, 2.75) is 51.0 Å². The van der Waals surface area contributed by atoms with E-state index >= 15 is 0 Å². The third-order valence-electron chi connectivity index (χ3n) is 6.80. The molecule has 0 radical (unpaired) electrons. The lowest BCUT2D eigenvalue weighted by Crippen LogP contribution is -2.56. The number of carbonyl (C=O) groups is 1. The van der Waals surface area contributed by atoms with Gasteiger partial charge < -0.3 is 9.84 Å². The molecule has 0 aromatic heterocycles. The molecule has 1 heterocycles. The minimum absolute atomic E-state index is 0.0518. The number of hydrogen-bond donors (Lipinski definition) is 1. The van der Waals surface area contributed by atoms with Crippen LogP contribution in [0.25, 0.3) is 0 Å². The maximum absolute atomic E-state index is 13.4. The molecule has 2 aliphatic rings. The number of carboxylic acids is 1. The molecular weight excluding hydrogens is 488 g/mol. The van der Waals surface area contributed by atoms with Crippen LogP contribution < -0.4 is 4.74 Å². The summed E-state index contributed by atoms with van der Waals surface area (Å²) in [5, 5.41) is 9.23. The number of alkyl halides is 6. The highest BCUT2D eigenvalue weighted by atomic mass is 19.4. The van der Waals surface area contributed by atoms with E-state index in [0.717, 1.165) is 18.4 Å². The molecule has 0 unspecified atom stereocenters. The van der Waals surface area contributed by atoms with Crippen molar-refractivity contribution in [2.75, 3.05) is 19.7 Å². The monoisotopic (exact) mass is 515 g/mol. The quantitative estimate of drug-likeness (QED) is 0.383. The summed E-state index contributed by atoms with van der Waals surface area (Å²) in [5.41, 5.74) is -2.06. The van der Waals surface area contributed by atoms with Gasteiger partial charge in [0, 0.05) is 25.0 Å². The Morgan fingerprint density at radius 1 is 1.08 bits per heavy atom. The molecule has 2 aromatic rings. The normalized spacial score (nSPS) is 19.0. The first-order valence-corrected chi connectivity index (χ1v) is 11.7. The standard InChI is InChI=1S/C26H27F6NO3/c1-24(15-36-20-4-2-3-17(10-20)21(11-23(34)35)16-5-6-16)13-33(14-24)12-18-9-19(25(27,28)29)7-8-22(18)26(30,31)32/h2-4,7-10,16,21H,5-6,11-15H2,1H3,(H,34,35)/t21-/m0/s1. The van der Waals surface area contributed by atoms with Gasteiger partial charge in [-0.05, 0) is 66.1 Å². The summed E-state index contributed by atoms with van der Waals surface area (Å²) in [4.78, 5) is 12.9. The molecule has 4 nitrogen and oxygen atoms in total. The van der Waals surface area contributed by atoms with Gasteiger partial charge in [0.1, 0.15) is 5.75 Å². The summed E-state index contributed by atoms with van der Waals surface area (Å²) in [6.07, 6.45) is -7.43.